The Kier molecular flexibility index (Phi) is 15.1. The number of ether oxygens (including phenoxy) is 2. The van der Waals surface area contributed by atoms with Crippen molar-refractivity contribution >= 4 is 77.5 Å². The van der Waals surface area contributed by atoms with Crippen LogP contribution in [0.3, 0.4) is 0 Å². The topological polar surface area (TPSA) is 164 Å². The number of carbonyl (C=O) groups is 2. The molecular formula is C24H28N2O10S5. The van der Waals surface area contributed by atoms with Crippen molar-refractivity contribution < 1.29 is 44.5 Å². The van der Waals surface area contributed by atoms with Crippen LogP contribution in [0, 0.1) is 0 Å². The van der Waals surface area contributed by atoms with Crippen molar-refractivity contribution in [3.05, 3.63) is 71.8 Å². The minimum absolute atomic E-state index is 0.256. The Balaban J connectivity index is 1.80. The van der Waals surface area contributed by atoms with Crippen LogP contribution in [-0.4, -0.2) is 76.1 Å². The van der Waals surface area contributed by atoms with Crippen LogP contribution in [-0.2, 0) is 59.4 Å². The van der Waals surface area contributed by atoms with E-state index in [4.69, 9.17) is 0 Å². The van der Waals surface area contributed by atoms with Gasteiger partial charge in [0, 0.05) is 23.0 Å². The zero-order chi connectivity index (χ0) is 30.1. The van der Waals surface area contributed by atoms with E-state index in [2.05, 4.69) is 28.4 Å². The van der Waals surface area contributed by atoms with Crippen LogP contribution in [0.2, 0.25) is 0 Å². The highest BCUT2D eigenvalue weighted by Gasteiger charge is 2.20. The molecule has 2 aromatic carbocycles. The second-order valence-electron chi connectivity index (χ2n) is 7.61. The monoisotopic (exact) mass is 664 g/mol. The fourth-order valence-corrected chi connectivity index (χ4v) is 7.27. The summed E-state index contributed by atoms with van der Waals surface area (Å²) in [6.45, 7) is 0. The number of hydrogen-bond donors (Lipinski definition) is 0. The van der Waals surface area contributed by atoms with Crippen LogP contribution in [0.4, 0.5) is 0 Å². The molecule has 2 aromatic rings. The zero-order valence-corrected chi connectivity index (χ0v) is 26.1. The number of hydrogen-bond acceptors (Lipinski definition) is 15. The summed E-state index contributed by atoms with van der Waals surface area (Å²) >= 11 is 3.37. The zero-order valence-electron chi connectivity index (χ0n) is 22.0. The number of esters is 2. The molecule has 0 aliphatic rings. The lowest BCUT2D eigenvalue weighted by Gasteiger charge is -2.06. The van der Waals surface area contributed by atoms with Gasteiger partial charge in [0.05, 0.1) is 14.2 Å². The highest BCUT2D eigenvalue weighted by Crippen LogP contribution is 2.16. The van der Waals surface area contributed by atoms with Crippen LogP contribution in [0.25, 0.3) is 0 Å². The number of thioether (sulfide) groups is 3. The van der Waals surface area contributed by atoms with Gasteiger partial charge in [0.1, 0.15) is 11.5 Å². The van der Waals surface area contributed by atoms with Gasteiger partial charge in [-0.25, -0.2) is 9.59 Å². The summed E-state index contributed by atoms with van der Waals surface area (Å²) < 4.78 is 67.4. The summed E-state index contributed by atoms with van der Waals surface area (Å²) in [6, 6.07) is 16.7. The lowest BCUT2D eigenvalue weighted by atomic mass is 10.2. The fraction of sp³-hybridized carbons (Fsp3) is 0.333. The minimum atomic E-state index is -4.08. The van der Waals surface area contributed by atoms with E-state index in [1.807, 2.05) is 0 Å². The SMILES string of the molecule is COC(=O)/C(=N/OS(=O)(=O)Cc1ccccc1)SCCSCCS/C(=N\OS(=O)(=O)Cc1ccccc1)C(=O)OC. The predicted octanol–water partition coefficient (Wildman–Crippen LogP) is 3.25. The maximum Gasteiger partial charge on any atom is 0.366 e. The van der Waals surface area contributed by atoms with Crippen molar-refractivity contribution in [2.75, 3.05) is 37.2 Å². The van der Waals surface area contributed by atoms with Crippen LogP contribution in [0.1, 0.15) is 11.1 Å². The number of carbonyl (C=O) groups excluding carboxylic acids is 2. The second-order valence-corrected chi connectivity index (χ2v) is 14.1. The Hall–Kier alpha value is -2.73. The molecule has 0 aromatic heterocycles. The molecule has 0 bridgehead atoms. The Labute approximate surface area is 251 Å². The first-order chi connectivity index (χ1) is 19.5. The molecule has 224 valence electrons. The maximum absolute atomic E-state index is 12.2. The molecule has 17 heteroatoms. The molecule has 0 aliphatic heterocycles. The van der Waals surface area contributed by atoms with E-state index >= 15 is 0 Å². The lowest BCUT2D eigenvalue weighted by Crippen LogP contribution is -2.16. The molecule has 41 heavy (non-hydrogen) atoms. The number of rotatable bonds is 14. The normalized spacial score (nSPS) is 12.4. The van der Waals surface area contributed by atoms with Crippen molar-refractivity contribution in [2.24, 2.45) is 10.3 Å². The Morgan fingerprint density at radius 1 is 0.634 bits per heavy atom. The van der Waals surface area contributed by atoms with Crippen LogP contribution in [0.5, 0.6) is 0 Å². The van der Waals surface area contributed by atoms with E-state index in [0.717, 1.165) is 37.7 Å². The van der Waals surface area contributed by atoms with E-state index < -0.39 is 43.7 Å². The molecule has 0 aliphatic carbocycles. The largest absolute Gasteiger partial charge is 0.464 e. The van der Waals surface area contributed by atoms with Gasteiger partial charge < -0.3 is 9.47 Å². The van der Waals surface area contributed by atoms with Gasteiger partial charge in [-0.15, -0.1) is 0 Å². The Morgan fingerprint density at radius 2 is 1.00 bits per heavy atom. The third-order valence-corrected chi connectivity index (χ3v) is 9.82. The summed E-state index contributed by atoms with van der Waals surface area (Å²) in [4.78, 5) is 24.0. The van der Waals surface area contributed by atoms with E-state index in [0.29, 0.717) is 34.1 Å². The van der Waals surface area contributed by atoms with Gasteiger partial charge in [-0.2, -0.15) is 28.6 Å². The molecule has 0 fully saturated rings. The molecule has 0 saturated carbocycles. The first-order valence-electron chi connectivity index (χ1n) is 11.6. The number of nitrogens with zero attached hydrogens (tertiary/aromatic N) is 2. The van der Waals surface area contributed by atoms with E-state index in [1.165, 1.54) is 11.8 Å². The smallest absolute Gasteiger partial charge is 0.366 e. The van der Waals surface area contributed by atoms with Crippen molar-refractivity contribution in [2.45, 2.75) is 11.5 Å². The van der Waals surface area contributed by atoms with Crippen molar-refractivity contribution in [1.82, 2.24) is 0 Å². The van der Waals surface area contributed by atoms with Crippen molar-refractivity contribution in [3.63, 3.8) is 0 Å². The fourth-order valence-electron chi connectivity index (χ4n) is 2.71. The van der Waals surface area contributed by atoms with Crippen molar-refractivity contribution in [1.29, 1.82) is 0 Å². The van der Waals surface area contributed by atoms with Gasteiger partial charge in [-0.1, -0.05) is 94.5 Å². The highest BCUT2D eigenvalue weighted by atomic mass is 32.2. The predicted molar refractivity (Wildman–Crippen MR) is 161 cm³/mol. The number of benzene rings is 2. The van der Waals surface area contributed by atoms with Gasteiger partial charge in [0.25, 0.3) is 0 Å². The molecule has 0 spiro atoms. The van der Waals surface area contributed by atoms with Gasteiger partial charge in [-0.05, 0) is 11.1 Å². The summed E-state index contributed by atoms with van der Waals surface area (Å²) in [6.07, 6.45) is 0. The molecule has 0 heterocycles. The van der Waals surface area contributed by atoms with Crippen LogP contribution in [0.15, 0.2) is 71.0 Å². The highest BCUT2D eigenvalue weighted by molar-refractivity contribution is 8.17. The number of oxime groups is 2. The van der Waals surface area contributed by atoms with E-state index in [9.17, 15) is 26.4 Å². The number of methoxy groups -OCH3 is 2. The Bertz CT molecular complexity index is 1290. The molecule has 12 nitrogen and oxygen atoms in total. The average molecular weight is 665 g/mol. The summed E-state index contributed by atoms with van der Waals surface area (Å²) in [5, 5.41) is 6.46. The molecule has 0 N–H and O–H groups in total. The third-order valence-electron chi connectivity index (χ3n) is 4.49. The standard InChI is InChI=1S/C24H28N2O10S5/c1-33-23(27)21(25-35-40(29,30)17-19-9-5-3-6-10-19)38-15-13-37-14-16-39-22(24(28)34-2)26-36-41(31,32)18-20-11-7-4-8-12-20/h3-12H,13-18H2,1-2H3/b25-21-,26-22-. The molecular weight excluding hydrogens is 637 g/mol. The molecule has 0 radical (unpaired) electrons. The molecule has 0 amide bonds. The van der Waals surface area contributed by atoms with Gasteiger partial charge >= 0.3 is 32.2 Å². The first-order valence-corrected chi connectivity index (χ1v) is 17.9. The van der Waals surface area contributed by atoms with E-state index in [1.54, 1.807) is 60.7 Å². The summed E-state index contributed by atoms with van der Waals surface area (Å²) in [5.41, 5.74) is 1.01. The maximum atomic E-state index is 12.2. The summed E-state index contributed by atoms with van der Waals surface area (Å²) in [5.74, 6) is -0.738. The van der Waals surface area contributed by atoms with Gasteiger partial charge in [0.15, 0.2) is 0 Å². The van der Waals surface area contributed by atoms with Gasteiger partial charge in [0.2, 0.25) is 10.1 Å². The van der Waals surface area contributed by atoms with E-state index in [-0.39, 0.29) is 10.1 Å². The van der Waals surface area contributed by atoms with Crippen LogP contribution < -0.4 is 0 Å². The molecule has 2 rings (SSSR count). The average Bonchev–Trinajstić information content (AvgIpc) is 2.95. The molecule has 0 atom stereocenters. The molecule has 0 unspecified atom stereocenters. The quantitative estimate of drug-likeness (QED) is 0.0951. The Morgan fingerprint density at radius 3 is 1.34 bits per heavy atom. The van der Waals surface area contributed by atoms with Crippen molar-refractivity contribution in [3.8, 4) is 0 Å². The minimum Gasteiger partial charge on any atom is -0.464 e. The van der Waals surface area contributed by atoms with Crippen LogP contribution >= 0.6 is 35.3 Å². The first kappa shape index (κ1) is 34.5. The third kappa shape index (κ3) is 14.1. The summed E-state index contributed by atoms with van der Waals surface area (Å²) in [7, 11) is -5.87. The second kappa shape index (κ2) is 17.9. The lowest BCUT2D eigenvalue weighted by molar-refractivity contribution is -0.133. The van der Waals surface area contributed by atoms with Gasteiger partial charge in [-0.3, -0.25) is 8.57 Å². The molecule has 0 saturated heterocycles.